The zero-order chi connectivity index (χ0) is 15.4. The number of aryl methyl sites for hydroxylation is 1. The second kappa shape index (κ2) is 6.76. The van der Waals surface area contributed by atoms with Gasteiger partial charge in [-0.2, -0.15) is 0 Å². The number of amides is 1. The lowest BCUT2D eigenvalue weighted by Crippen LogP contribution is -2.15. The molecule has 110 valence electrons. The van der Waals surface area contributed by atoms with Crippen LogP contribution in [0.25, 0.3) is 0 Å². The van der Waals surface area contributed by atoms with E-state index in [4.69, 9.17) is 29.0 Å². The van der Waals surface area contributed by atoms with Gasteiger partial charge in [-0.15, -0.1) is 0 Å². The SMILES string of the molecule is CCc1cc(C(=O)Nc2ccc(Cl)c(Cl)c2)cc(NN)n1. The Labute approximate surface area is 132 Å². The highest BCUT2D eigenvalue weighted by Gasteiger charge is 2.10. The molecule has 2 rings (SSSR count). The van der Waals surface area contributed by atoms with E-state index >= 15 is 0 Å². The highest BCUT2D eigenvalue weighted by atomic mass is 35.5. The van der Waals surface area contributed by atoms with E-state index in [2.05, 4.69) is 15.7 Å². The summed E-state index contributed by atoms with van der Waals surface area (Å²) < 4.78 is 0. The minimum atomic E-state index is -0.276. The van der Waals surface area contributed by atoms with Crippen LogP contribution >= 0.6 is 23.2 Å². The maximum absolute atomic E-state index is 12.3. The number of nitrogens with zero attached hydrogens (tertiary/aromatic N) is 1. The van der Waals surface area contributed by atoms with Crippen LogP contribution in [0, 0.1) is 0 Å². The van der Waals surface area contributed by atoms with E-state index in [1.807, 2.05) is 6.92 Å². The molecule has 0 saturated carbocycles. The van der Waals surface area contributed by atoms with Gasteiger partial charge in [0.05, 0.1) is 10.0 Å². The molecule has 0 aliphatic heterocycles. The van der Waals surface area contributed by atoms with Gasteiger partial charge in [-0.1, -0.05) is 30.1 Å². The fourth-order valence-electron chi connectivity index (χ4n) is 1.75. The van der Waals surface area contributed by atoms with Gasteiger partial charge in [0.15, 0.2) is 0 Å². The first-order valence-corrected chi connectivity index (χ1v) is 7.03. The number of anilines is 2. The number of carbonyl (C=O) groups is 1. The van der Waals surface area contributed by atoms with Crippen LogP contribution in [-0.4, -0.2) is 10.9 Å². The van der Waals surface area contributed by atoms with E-state index in [1.54, 1.807) is 30.3 Å². The van der Waals surface area contributed by atoms with Gasteiger partial charge in [0.2, 0.25) is 0 Å². The Kier molecular flexibility index (Phi) is 5.01. The maximum Gasteiger partial charge on any atom is 0.255 e. The molecule has 0 bridgehead atoms. The molecule has 1 heterocycles. The van der Waals surface area contributed by atoms with Crippen LogP contribution < -0.4 is 16.6 Å². The summed E-state index contributed by atoms with van der Waals surface area (Å²) >= 11 is 11.8. The lowest BCUT2D eigenvalue weighted by Gasteiger charge is -2.09. The van der Waals surface area contributed by atoms with Crippen LogP contribution in [0.3, 0.4) is 0 Å². The highest BCUT2D eigenvalue weighted by Crippen LogP contribution is 2.25. The molecule has 7 heteroatoms. The summed E-state index contributed by atoms with van der Waals surface area (Å²) in [7, 11) is 0. The van der Waals surface area contributed by atoms with Gasteiger partial charge in [0, 0.05) is 16.9 Å². The van der Waals surface area contributed by atoms with Crippen LogP contribution in [0.1, 0.15) is 23.0 Å². The molecule has 4 N–H and O–H groups in total. The van der Waals surface area contributed by atoms with Crippen molar-refractivity contribution < 1.29 is 4.79 Å². The summed E-state index contributed by atoms with van der Waals surface area (Å²) in [6.45, 7) is 1.95. The molecule has 0 saturated heterocycles. The van der Waals surface area contributed by atoms with E-state index in [0.717, 1.165) is 5.69 Å². The Bertz CT molecular complexity index is 654. The number of nitrogens with one attached hydrogen (secondary N) is 2. The highest BCUT2D eigenvalue weighted by molar-refractivity contribution is 6.42. The molecule has 0 aliphatic rings. The van der Waals surface area contributed by atoms with Crippen LogP contribution in [0.15, 0.2) is 30.3 Å². The fourth-order valence-corrected chi connectivity index (χ4v) is 2.05. The molecule has 0 unspecified atom stereocenters. The Balaban J connectivity index is 2.25. The van der Waals surface area contributed by atoms with Crippen LogP contribution in [0.5, 0.6) is 0 Å². The molecule has 0 spiro atoms. The van der Waals surface area contributed by atoms with Crippen molar-refractivity contribution in [1.29, 1.82) is 0 Å². The fraction of sp³-hybridized carbons (Fsp3) is 0.143. The average Bonchev–Trinajstić information content (AvgIpc) is 2.50. The molecule has 0 fully saturated rings. The van der Waals surface area contributed by atoms with Gasteiger partial charge in [-0.25, -0.2) is 10.8 Å². The maximum atomic E-state index is 12.3. The van der Waals surface area contributed by atoms with Gasteiger partial charge in [0.1, 0.15) is 5.82 Å². The molecular weight excluding hydrogens is 311 g/mol. The number of pyridine rings is 1. The number of carbonyl (C=O) groups excluding carboxylic acids is 1. The minimum Gasteiger partial charge on any atom is -0.322 e. The molecule has 0 aliphatic carbocycles. The van der Waals surface area contributed by atoms with E-state index in [9.17, 15) is 4.79 Å². The second-order valence-electron chi connectivity index (χ2n) is 4.31. The molecule has 2 aromatic rings. The third-order valence-corrected chi connectivity index (χ3v) is 3.57. The van der Waals surface area contributed by atoms with E-state index in [-0.39, 0.29) is 5.91 Å². The zero-order valence-electron chi connectivity index (χ0n) is 11.3. The summed E-state index contributed by atoms with van der Waals surface area (Å²) in [6, 6.07) is 8.18. The smallest absolute Gasteiger partial charge is 0.255 e. The number of hydrazine groups is 1. The van der Waals surface area contributed by atoms with Gasteiger partial charge in [0.25, 0.3) is 5.91 Å². The normalized spacial score (nSPS) is 10.3. The molecule has 21 heavy (non-hydrogen) atoms. The number of hydrogen-bond donors (Lipinski definition) is 3. The number of halogens is 2. The molecule has 0 atom stereocenters. The van der Waals surface area contributed by atoms with Gasteiger partial charge in [-0.05, 0) is 36.8 Å². The third-order valence-electron chi connectivity index (χ3n) is 2.83. The van der Waals surface area contributed by atoms with Crippen molar-refractivity contribution in [3.05, 3.63) is 51.6 Å². The summed E-state index contributed by atoms with van der Waals surface area (Å²) in [5.41, 5.74) is 4.24. The number of hydrogen-bond acceptors (Lipinski definition) is 4. The van der Waals surface area contributed by atoms with Crippen molar-refractivity contribution in [2.45, 2.75) is 13.3 Å². The second-order valence-corrected chi connectivity index (χ2v) is 5.13. The zero-order valence-corrected chi connectivity index (χ0v) is 12.8. The van der Waals surface area contributed by atoms with Crippen molar-refractivity contribution in [3.8, 4) is 0 Å². The van der Waals surface area contributed by atoms with Gasteiger partial charge >= 0.3 is 0 Å². The predicted octanol–water partition coefficient (Wildman–Crippen LogP) is 3.49. The van der Waals surface area contributed by atoms with Gasteiger partial charge < -0.3 is 10.7 Å². The van der Waals surface area contributed by atoms with Gasteiger partial charge in [-0.3, -0.25) is 4.79 Å². The lowest BCUT2D eigenvalue weighted by molar-refractivity contribution is 0.102. The van der Waals surface area contributed by atoms with Crippen molar-refractivity contribution in [2.24, 2.45) is 5.84 Å². The standard InChI is InChI=1S/C14H14Cl2N4O/c1-2-9-5-8(6-13(18-9)20-17)14(21)19-10-3-4-11(15)12(16)7-10/h3-7H,2,17H2,1H3,(H,18,20)(H,19,21). The van der Waals surface area contributed by atoms with Crippen LogP contribution in [0.2, 0.25) is 10.0 Å². The summed E-state index contributed by atoms with van der Waals surface area (Å²) in [4.78, 5) is 16.5. The van der Waals surface area contributed by atoms with Crippen molar-refractivity contribution in [3.63, 3.8) is 0 Å². The first-order valence-electron chi connectivity index (χ1n) is 6.27. The van der Waals surface area contributed by atoms with Crippen molar-refractivity contribution >= 4 is 40.6 Å². The number of rotatable bonds is 4. The summed E-state index contributed by atoms with van der Waals surface area (Å²) in [6.07, 6.45) is 0.697. The topological polar surface area (TPSA) is 80.0 Å². The first kappa shape index (κ1) is 15.6. The monoisotopic (exact) mass is 324 g/mol. The minimum absolute atomic E-state index is 0.276. The van der Waals surface area contributed by atoms with E-state index < -0.39 is 0 Å². The van der Waals surface area contributed by atoms with E-state index in [0.29, 0.717) is 33.5 Å². The third kappa shape index (κ3) is 3.85. The van der Waals surface area contributed by atoms with Crippen LogP contribution in [-0.2, 0) is 6.42 Å². The Morgan fingerprint density at radius 3 is 2.62 bits per heavy atom. The van der Waals surface area contributed by atoms with Crippen LogP contribution in [0.4, 0.5) is 11.5 Å². The van der Waals surface area contributed by atoms with Crippen molar-refractivity contribution in [2.75, 3.05) is 10.7 Å². The molecule has 1 amide bonds. The summed E-state index contributed by atoms with van der Waals surface area (Å²) in [5, 5.41) is 3.56. The molecule has 0 radical (unpaired) electrons. The molecular formula is C14H14Cl2N4O. The molecule has 1 aromatic carbocycles. The molecule has 1 aromatic heterocycles. The lowest BCUT2D eigenvalue weighted by atomic mass is 10.1. The number of nitrogens with two attached hydrogens (primary N) is 1. The van der Waals surface area contributed by atoms with Crippen molar-refractivity contribution in [1.82, 2.24) is 4.98 Å². The number of nitrogen functional groups attached to an aromatic ring is 1. The average molecular weight is 325 g/mol. The Hall–Kier alpha value is -1.82. The quantitative estimate of drug-likeness (QED) is 0.594. The Morgan fingerprint density at radius 1 is 1.24 bits per heavy atom. The molecule has 5 nitrogen and oxygen atoms in total. The number of aromatic nitrogens is 1. The largest absolute Gasteiger partial charge is 0.322 e. The number of benzene rings is 1. The summed E-state index contributed by atoms with van der Waals surface area (Å²) in [5.74, 6) is 5.52. The predicted molar refractivity (Wildman–Crippen MR) is 85.8 cm³/mol. The first-order chi connectivity index (χ1) is 10.0. The van der Waals surface area contributed by atoms with E-state index in [1.165, 1.54) is 0 Å². The Morgan fingerprint density at radius 2 is 2.00 bits per heavy atom.